The Bertz CT molecular complexity index is 391. The van der Waals surface area contributed by atoms with Gasteiger partial charge in [-0.15, -0.1) is 0 Å². The molecule has 1 aliphatic heterocycles. The van der Waals surface area contributed by atoms with E-state index >= 15 is 0 Å². The molecule has 4 heteroatoms. The van der Waals surface area contributed by atoms with Crippen LogP contribution in [0, 0.1) is 11.3 Å². The Kier molecular flexibility index (Phi) is 3.78. The minimum Gasteiger partial charge on any atom is -0.329 e. The van der Waals surface area contributed by atoms with Crippen molar-refractivity contribution in [1.29, 1.82) is 0 Å². The highest BCUT2D eigenvalue weighted by Gasteiger charge is 2.34. The molecule has 2 rings (SSSR count). The zero-order chi connectivity index (χ0) is 13.3. The Morgan fingerprint density at radius 1 is 1.50 bits per heavy atom. The Labute approximate surface area is 110 Å². The van der Waals surface area contributed by atoms with Crippen LogP contribution in [0.15, 0.2) is 12.4 Å². The van der Waals surface area contributed by atoms with Gasteiger partial charge in [-0.2, -0.15) is 5.10 Å². The standard InChI is InChI=1S/C14H26N4/c1-14(2,3)12-5-6-18(10-12)13(7-15)11-8-16-17(4)9-11/h8-9,12-13H,5-7,10,15H2,1-4H3. The third-order valence-corrected chi connectivity index (χ3v) is 4.22. The van der Waals surface area contributed by atoms with Crippen molar-refractivity contribution in [2.45, 2.75) is 33.2 Å². The molecule has 2 atom stereocenters. The van der Waals surface area contributed by atoms with Gasteiger partial charge >= 0.3 is 0 Å². The first-order valence-corrected chi connectivity index (χ1v) is 6.84. The molecule has 2 N–H and O–H groups in total. The lowest BCUT2D eigenvalue weighted by Crippen LogP contribution is -2.33. The zero-order valence-corrected chi connectivity index (χ0v) is 12.1. The normalized spacial score (nSPS) is 23.5. The molecule has 1 aromatic heterocycles. The van der Waals surface area contributed by atoms with Crippen LogP contribution in [-0.2, 0) is 7.05 Å². The zero-order valence-electron chi connectivity index (χ0n) is 12.1. The fraction of sp³-hybridized carbons (Fsp3) is 0.786. The number of likely N-dealkylation sites (tertiary alicyclic amines) is 1. The quantitative estimate of drug-likeness (QED) is 0.889. The molecule has 1 aromatic rings. The van der Waals surface area contributed by atoms with Crippen LogP contribution >= 0.6 is 0 Å². The molecular formula is C14H26N4. The monoisotopic (exact) mass is 250 g/mol. The molecule has 1 saturated heterocycles. The van der Waals surface area contributed by atoms with E-state index in [0.717, 1.165) is 19.0 Å². The van der Waals surface area contributed by atoms with Crippen molar-refractivity contribution in [2.75, 3.05) is 19.6 Å². The summed E-state index contributed by atoms with van der Waals surface area (Å²) in [4.78, 5) is 2.52. The maximum atomic E-state index is 5.97. The predicted molar refractivity (Wildman–Crippen MR) is 74.1 cm³/mol. The number of hydrogen-bond donors (Lipinski definition) is 1. The van der Waals surface area contributed by atoms with E-state index in [1.807, 2.05) is 17.9 Å². The van der Waals surface area contributed by atoms with Gasteiger partial charge in [0, 0.05) is 31.9 Å². The average molecular weight is 250 g/mol. The van der Waals surface area contributed by atoms with Gasteiger partial charge in [0.15, 0.2) is 0 Å². The predicted octanol–water partition coefficient (Wildman–Crippen LogP) is 1.79. The molecule has 0 aliphatic carbocycles. The SMILES string of the molecule is Cn1cc(C(CN)N2CCC(C(C)(C)C)C2)cn1. The molecule has 18 heavy (non-hydrogen) atoms. The number of aryl methyl sites for hydroxylation is 1. The van der Waals surface area contributed by atoms with Crippen molar-refractivity contribution in [2.24, 2.45) is 24.1 Å². The number of rotatable bonds is 3. The molecule has 0 bridgehead atoms. The summed E-state index contributed by atoms with van der Waals surface area (Å²) in [6, 6.07) is 0.325. The topological polar surface area (TPSA) is 47.1 Å². The average Bonchev–Trinajstić information content (AvgIpc) is 2.88. The van der Waals surface area contributed by atoms with Gasteiger partial charge in [0.2, 0.25) is 0 Å². The molecule has 0 spiro atoms. The number of nitrogens with zero attached hydrogens (tertiary/aromatic N) is 3. The fourth-order valence-corrected chi connectivity index (χ4v) is 2.89. The second-order valence-corrected chi connectivity index (χ2v) is 6.55. The van der Waals surface area contributed by atoms with Crippen LogP contribution in [0.3, 0.4) is 0 Å². The summed E-state index contributed by atoms with van der Waals surface area (Å²) in [6.45, 7) is 9.98. The first kappa shape index (κ1) is 13.6. The van der Waals surface area contributed by atoms with Gasteiger partial charge in [-0.25, -0.2) is 0 Å². The van der Waals surface area contributed by atoms with Gasteiger partial charge < -0.3 is 5.73 Å². The van der Waals surface area contributed by atoms with Crippen LogP contribution < -0.4 is 5.73 Å². The summed E-state index contributed by atoms with van der Waals surface area (Å²) in [6.07, 6.45) is 5.31. The van der Waals surface area contributed by atoms with Crippen molar-refractivity contribution in [1.82, 2.24) is 14.7 Å². The summed E-state index contributed by atoms with van der Waals surface area (Å²) >= 11 is 0. The van der Waals surface area contributed by atoms with Gasteiger partial charge in [0.1, 0.15) is 0 Å². The Hall–Kier alpha value is -0.870. The van der Waals surface area contributed by atoms with Crippen LogP contribution in [0.1, 0.15) is 38.8 Å². The highest BCUT2D eigenvalue weighted by Crippen LogP contribution is 2.36. The molecule has 2 unspecified atom stereocenters. The smallest absolute Gasteiger partial charge is 0.0538 e. The largest absolute Gasteiger partial charge is 0.329 e. The van der Waals surface area contributed by atoms with E-state index in [0.29, 0.717) is 18.0 Å². The van der Waals surface area contributed by atoms with Crippen LogP contribution in [0.2, 0.25) is 0 Å². The van der Waals surface area contributed by atoms with Gasteiger partial charge in [0.25, 0.3) is 0 Å². The number of hydrogen-bond acceptors (Lipinski definition) is 3. The van der Waals surface area contributed by atoms with E-state index in [-0.39, 0.29) is 0 Å². The minimum absolute atomic E-state index is 0.325. The van der Waals surface area contributed by atoms with Crippen molar-refractivity contribution >= 4 is 0 Å². The Morgan fingerprint density at radius 2 is 2.22 bits per heavy atom. The van der Waals surface area contributed by atoms with E-state index in [1.54, 1.807) is 0 Å². The molecule has 1 aliphatic rings. The molecule has 1 fully saturated rings. The highest BCUT2D eigenvalue weighted by atomic mass is 15.3. The molecule has 0 saturated carbocycles. The first-order valence-electron chi connectivity index (χ1n) is 6.84. The van der Waals surface area contributed by atoms with Crippen LogP contribution in [0.5, 0.6) is 0 Å². The molecule has 2 heterocycles. The van der Waals surface area contributed by atoms with Crippen LogP contribution in [0.25, 0.3) is 0 Å². The van der Waals surface area contributed by atoms with E-state index in [1.165, 1.54) is 12.0 Å². The maximum absolute atomic E-state index is 5.97. The first-order chi connectivity index (χ1) is 8.41. The van der Waals surface area contributed by atoms with Crippen molar-refractivity contribution < 1.29 is 0 Å². The summed E-state index contributed by atoms with van der Waals surface area (Å²) in [5.74, 6) is 0.767. The van der Waals surface area contributed by atoms with Gasteiger partial charge in [-0.1, -0.05) is 20.8 Å². The summed E-state index contributed by atoms with van der Waals surface area (Å²) in [5, 5.41) is 4.26. The highest BCUT2D eigenvalue weighted by molar-refractivity contribution is 5.12. The maximum Gasteiger partial charge on any atom is 0.0538 e. The van der Waals surface area contributed by atoms with Gasteiger partial charge in [-0.3, -0.25) is 9.58 Å². The second-order valence-electron chi connectivity index (χ2n) is 6.55. The molecule has 0 amide bonds. The lowest BCUT2D eigenvalue weighted by molar-refractivity contribution is 0.197. The third kappa shape index (κ3) is 2.75. The minimum atomic E-state index is 0.325. The Balaban J connectivity index is 2.07. The van der Waals surface area contributed by atoms with Crippen molar-refractivity contribution in [3.63, 3.8) is 0 Å². The molecular weight excluding hydrogens is 224 g/mol. The van der Waals surface area contributed by atoms with Crippen molar-refractivity contribution in [3.05, 3.63) is 18.0 Å². The second kappa shape index (κ2) is 5.02. The molecule has 0 aromatic carbocycles. The van der Waals surface area contributed by atoms with E-state index in [4.69, 9.17) is 5.73 Å². The summed E-state index contributed by atoms with van der Waals surface area (Å²) < 4.78 is 1.86. The van der Waals surface area contributed by atoms with Crippen molar-refractivity contribution in [3.8, 4) is 0 Å². The third-order valence-electron chi connectivity index (χ3n) is 4.22. The molecule has 102 valence electrons. The Morgan fingerprint density at radius 3 is 2.67 bits per heavy atom. The van der Waals surface area contributed by atoms with E-state index in [9.17, 15) is 0 Å². The number of nitrogens with two attached hydrogens (primary N) is 1. The molecule has 4 nitrogen and oxygen atoms in total. The number of aromatic nitrogens is 2. The summed E-state index contributed by atoms with van der Waals surface area (Å²) in [5.41, 5.74) is 7.61. The fourth-order valence-electron chi connectivity index (χ4n) is 2.89. The summed E-state index contributed by atoms with van der Waals surface area (Å²) in [7, 11) is 1.96. The van der Waals surface area contributed by atoms with Crippen LogP contribution in [0.4, 0.5) is 0 Å². The van der Waals surface area contributed by atoms with Gasteiger partial charge in [-0.05, 0) is 24.3 Å². The lowest BCUT2D eigenvalue weighted by Gasteiger charge is -2.30. The van der Waals surface area contributed by atoms with E-state index in [2.05, 4.69) is 37.0 Å². The van der Waals surface area contributed by atoms with E-state index < -0.39 is 0 Å². The van der Waals surface area contributed by atoms with Crippen LogP contribution in [-0.4, -0.2) is 34.3 Å². The van der Waals surface area contributed by atoms with Gasteiger partial charge in [0.05, 0.1) is 12.2 Å². The molecule has 0 radical (unpaired) electrons. The lowest BCUT2D eigenvalue weighted by atomic mass is 9.80.